The maximum Gasteiger partial charge on any atom is 1.00 e. The molecule has 158 valence electrons. The average molecular weight is 415 g/mol. The molecule has 4 nitrogen and oxygen atoms in total. The van der Waals surface area contributed by atoms with Gasteiger partial charge in [-0.25, -0.2) is 8.42 Å². The third-order valence-corrected chi connectivity index (χ3v) is 6.54. The number of rotatable bonds is 19. The summed E-state index contributed by atoms with van der Waals surface area (Å²) in [5.74, 6) is 0. The van der Waals surface area contributed by atoms with Gasteiger partial charge in [0, 0.05) is 5.25 Å². The van der Waals surface area contributed by atoms with Gasteiger partial charge in [0.2, 0.25) is 0 Å². The van der Waals surface area contributed by atoms with Gasteiger partial charge >= 0.3 is 29.6 Å². The molecule has 0 aromatic carbocycles. The average Bonchev–Trinajstić information content (AvgIpc) is 2.58. The number of aliphatic hydroxyl groups is 1. The molecule has 2 unspecified atom stereocenters. The van der Waals surface area contributed by atoms with Gasteiger partial charge in [-0.1, -0.05) is 97.3 Å². The molecule has 0 aliphatic carbocycles. The van der Waals surface area contributed by atoms with Crippen LogP contribution >= 0.6 is 0 Å². The topological polar surface area (TPSA) is 77.4 Å². The number of hydrogen-bond donors (Lipinski definition) is 1. The molecule has 0 amide bonds. The van der Waals surface area contributed by atoms with E-state index in [4.69, 9.17) is 0 Å². The fourth-order valence-corrected chi connectivity index (χ4v) is 4.33. The largest absolute Gasteiger partial charge is 1.00 e. The van der Waals surface area contributed by atoms with E-state index < -0.39 is 21.5 Å². The van der Waals surface area contributed by atoms with Crippen LogP contribution in [-0.2, 0) is 10.1 Å². The molecule has 0 aromatic heterocycles. The molecule has 0 aliphatic rings. The summed E-state index contributed by atoms with van der Waals surface area (Å²) in [6.45, 7) is 4.37. The summed E-state index contributed by atoms with van der Waals surface area (Å²) in [6, 6.07) is 0. The summed E-state index contributed by atoms with van der Waals surface area (Å²) in [5.41, 5.74) is 0. The molecule has 0 aromatic rings. The zero-order valence-corrected chi connectivity index (χ0v) is 21.1. The quantitative estimate of drug-likeness (QED) is 0.200. The van der Waals surface area contributed by atoms with Crippen molar-refractivity contribution in [1.29, 1.82) is 0 Å². The number of unbranched alkanes of at least 4 members (excludes halogenated alkanes) is 11. The van der Waals surface area contributed by atoms with Crippen molar-refractivity contribution in [3.05, 3.63) is 0 Å². The Morgan fingerprint density at radius 1 is 0.667 bits per heavy atom. The van der Waals surface area contributed by atoms with E-state index in [0.29, 0.717) is 19.3 Å². The van der Waals surface area contributed by atoms with Gasteiger partial charge in [-0.2, -0.15) is 0 Å². The summed E-state index contributed by atoms with van der Waals surface area (Å²) in [6.07, 6.45) is 16.3. The maximum atomic E-state index is 11.5. The number of hydrogen-bond acceptors (Lipinski definition) is 4. The second-order valence-electron chi connectivity index (χ2n) is 7.81. The van der Waals surface area contributed by atoms with Gasteiger partial charge < -0.3 is 9.66 Å². The molecule has 0 radical (unpaired) electrons. The molecule has 0 fully saturated rings. The molecule has 0 saturated carbocycles. The van der Waals surface area contributed by atoms with Gasteiger partial charge in [0.25, 0.3) is 0 Å². The van der Waals surface area contributed by atoms with Crippen LogP contribution in [0, 0.1) is 0 Å². The minimum absolute atomic E-state index is 0. The van der Waals surface area contributed by atoms with Crippen molar-refractivity contribution < 1.29 is 47.6 Å². The normalized spacial score (nSPS) is 13.9. The zero-order chi connectivity index (χ0) is 19.7. The summed E-state index contributed by atoms with van der Waals surface area (Å²) in [5, 5.41) is 9.25. The fraction of sp³-hybridized carbons (Fsp3) is 1.00. The van der Waals surface area contributed by atoms with Crippen LogP contribution in [0.4, 0.5) is 0 Å². The summed E-state index contributed by atoms with van der Waals surface area (Å²) < 4.78 is 34.4. The van der Waals surface area contributed by atoms with Gasteiger partial charge in [-0.15, -0.1) is 0 Å². The van der Waals surface area contributed by atoms with E-state index in [1.807, 2.05) is 0 Å². The van der Waals surface area contributed by atoms with Crippen LogP contribution in [0.15, 0.2) is 0 Å². The minimum Gasteiger partial charge on any atom is -0.748 e. The van der Waals surface area contributed by atoms with Crippen molar-refractivity contribution in [2.24, 2.45) is 0 Å². The van der Waals surface area contributed by atoms with Gasteiger partial charge in [-0.05, 0) is 25.7 Å². The Hall–Kier alpha value is 0.870. The van der Waals surface area contributed by atoms with Gasteiger partial charge in [0.05, 0.1) is 16.2 Å². The Balaban J connectivity index is 0. The zero-order valence-electron chi connectivity index (χ0n) is 18.3. The Kier molecular flexibility index (Phi) is 22.4. The minimum atomic E-state index is -4.26. The van der Waals surface area contributed by atoms with E-state index in [2.05, 4.69) is 13.8 Å². The van der Waals surface area contributed by atoms with Crippen molar-refractivity contribution in [2.45, 2.75) is 134 Å². The van der Waals surface area contributed by atoms with Crippen LogP contribution in [-0.4, -0.2) is 29.4 Å². The predicted octanol–water partition coefficient (Wildman–Crippen LogP) is 2.94. The Labute approximate surface area is 191 Å². The van der Waals surface area contributed by atoms with E-state index in [1.54, 1.807) is 0 Å². The van der Waals surface area contributed by atoms with Crippen molar-refractivity contribution in [3.8, 4) is 0 Å². The monoisotopic (exact) mass is 414 g/mol. The van der Waals surface area contributed by atoms with Gasteiger partial charge in [-0.3, -0.25) is 0 Å². The standard InChI is InChI=1S/C21H44O4S.Na/c1-3-5-7-9-11-12-14-16-20(22)18-19-21(26(23,24)25)17-15-13-10-8-6-4-2;/h20-22H,3-19H2,1-2H3,(H,23,24,25);/q;+1/p-1. The van der Waals surface area contributed by atoms with Crippen molar-refractivity contribution in [3.63, 3.8) is 0 Å². The predicted molar refractivity (Wildman–Crippen MR) is 109 cm³/mol. The third-order valence-electron chi connectivity index (χ3n) is 5.25. The van der Waals surface area contributed by atoms with E-state index in [0.717, 1.165) is 38.5 Å². The molecule has 0 bridgehead atoms. The molecule has 6 heteroatoms. The Morgan fingerprint density at radius 2 is 1.07 bits per heavy atom. The van der Waals surface area contributed by atoms with Gasteiger partial charge in [0.1, 0.15) is 0 Å². The van der Waals surface area contributed by atoms with Crippen LogP contribution in [0.1, 0.15) is 123 Å². The van der Waals surface area contributed by atoms with Crippen molar-refractivity contribution in [1.82, 2.24) is 0 Å². The molecule has 0 rings (SSSR count). The summed E-state index contributed by atoms with van der Waals surface area (Å²) >= 11 is 0. The molecule has 0 heterocycles. The SMILES string of the molecule is CCCCCCCCCC(O)CCC(CCCCCCCC)S(=O)(=O)[O-].[Na+]. The van der Waals surface area contributed by atoms with Crippen molar-refractivity contribution >= 4 is 10.1 Å². The first-order chi connectivity index (χ1) is 12.4. The van der Waals surface area contributed by atoms with Crippen LogP contribution in [0.2, 0.25) is 0 Å². The second-order valence-corrected chi connectivity index (χ2v) is 9.46. The molecule has 0 aliphatic heterocycles. The number of aliphatic hydroxyl groups excluding tert-OH is 1. The molecular formula is C21H43NaO4S. The third kappa shape index (κ3) is 19.9. The Bertz CT molecular complexity index is 401. The second kappa shape index (κ2) is 20.2. The van der Waals surface area contributed by atoms with E-state index >= 15 is 0 Å². The first kappa shape index (κ1) is 30.1. The molecule has 1 N–H and O–H groups in total. The summed E-state index contributed by atoms with van der Waals surface area (Å²) in [4.78, 5) is 0. The van der Waals surface area contributed by atoms with Crippen LogP contribution in [0.5, 0.6) is 0 Å². The maximum absolute atomic E-state index is 11.5. The first-order valence-electron chi connectivity index (χ1n) is 11.0. The summed E-state index contributed by atoms with van der Waals surface area (Å²) in [7, 11) is -4.26. The fourth-order valence-electron chi connectivity index (χ4n) is 3.45. The molecule has 0 saturated heterocycles. The van der Waals surface area contributed by atoms with Crippen LogP contribution in [0.3, 0.4) is 0 Å². The molecule has 2 atom stereocenters. The van der Waals surface area contributed by atoms with Crippen LogP contribution < -0.4 is 29.6 Å². The van der Waals surface area contributed by atoms with E-state index in [9.17, 15) is 18.1 Å². The first-order valence-corrected chi connectivity index (χ1v) is 12.5. The van der Waals surface area contributed by atoms with Gasteiger partial charge in [0.15, 0.2) is 0 Å². The van der Waals surface area contributed by atoms with Crippen molar-refractivity contribution in [2.75, 3.05) is 0 Å². The van der Waals surface area contributed by atoms with Crippen LogP contribution in [0.25, 0.3) is 0 Å². The smallest absolute Gasteiger partial charge is 0.748 e. The molecular weight excluding hydrogens is 371 g/mol. The van der Waals surface area contributed by atoms with E-state index in [1.165, 1.54) is 51.4 Å². The molecule has 27 heavy (non-hydrogen) atoms. The van der Waals surface area contributed by atoms with E-state index in [-0.39, 0.29) is 29.6 Å². The Morgan fingerprint density at radius 3 is 1.52 bits per heavy atom. The molecule has 0 spiro atoms.